The van der Waals surface area contributed by atoms with Crippen LogP contribution in [0.1, 0.15) is 30.3 Å². The summed E-state index contributed by atoms with van der Waals surface area (Å²) in [6.07, 6.45) is 2.44. The van der Waals surface area contributed by atoms with Crippen molar-refractivity contribution < 1.29 is 22.7 Å². The normalized spacial score (nSPS) is 14.8. The lowest BCUT2D eigenvalue weighted by Gasteiger charge is -2.33. The van der Waals surface area contributed by atoms with Crippen molar-refractivity contribution in [3.8, 4) is 6.07 Å². The summed E-state index contributed by atoms with van der Waals surface area (Å²) in [5.41, 5.74) is 2.54. The molecule has 1 aliphatic heterocycles. The lowest BCUT2D eigenvalue weighted by molar-refractivity contribution is -0.149. The number of sulfonamides is 1. The molecular weight excluding hydrogens is 516 g/mol. The number of aromatic nitrogens is 1. The molecule has 1 fully saturated rings. The number of amides is 1. The predicted octanol–water partition coefficient (Wildman–Crippen LogP) is 3.65. The van der Waals surface area contributed by atoms with Crippen LogP contribution in [-0.4, -0.2) is 66.9 Å². The van der Waals surface area contributed by atoms with Crippen LogP contribution in [-0.2, 0) is 30.9 Å². The second-order valence-electron chi connectivity index (χ2n) is 9.52. The molecule has 0 radical (unpaired) electrons. The number of carbonyl (C=O) groups excluding carboxylic acids is 2. The number of hydrogen-bond acceptors (Lipinski definition) is 6. The standard InChI is InChI=1S/C29H32N4O5S/c1-4-11-33-21(2)16-25(22(33)3)17-26(19-30)29(35)38-20-28(34)31-12-14-32(15-13-31)39(36,37)27-10-9-23-7-5-6-8-24(23)18-27/h5-10,16-18H,4,11-15,20H2,1-3H3/b26-17+. The SMILES string of the molecule is CCCn1c(C)cc(/C=C(\C#N)C(=O)OCC(=O)N2CCN(S(=O)(=O)c3ccc4ccccc4c3)CC2)c1C. The Morgan fingerprint density at radius 2 is 1.72 bits per heavy atom. The van der Waals surface area contributed by atoms with Crippen LogP contribution in [0.3, 0.4) is 0 Å². The monoisotopic (exact) mass is 548 g/mol. The number of aryl methyl sites for hydroxylation is 1. The molecule has 4 rings (SSSR count). The molecule has 10 heteroatoms. The van der Waals surface area contributed by atoms with E-state index in [0.29, 0.717) is 0 Å². The van der Waals surface area contributed by atoms with E-state index in [4.69, 9.17) is 4.74 Å². The molecule has 0 N–H and O–H groups in total. The highest BCUT2D eigenvalue weighted by atomic mass is 32.2. The van der Waals surface area contributed by atoms with E-state index in [1.165, 1.54) is 15.3 Å². The third kappa shape index (κ3) is 6.05. The van der Waals surface area contributed by atoms with E-state index in [1.54, 1.807) is 18.2 Å². The highest BCUT2D eigenvalue weighted by Crippen LogP contribution is 2.23. The molecule has 9 nitrogen and oxygen atoms in total. The van der Waals surface area contributed by atoms with Gasteiger partial charge in [0.15, 0.2) is 6.61 Å². The zero-order valence-electron chi connectivity index (χ0n) is 22.4. The molecule has 3 aromatic rings. The lowest BCUT2D eigenvalue weighted by Crippen LogP contribution is -2.51. The molecule has 2 heterocycles. The number of fused-ring (bicyclic) bond motifs is 1. The molecular formula is C29H32N4O5S. The molecule has 0 saturated carbocycles. The minimum Gasteiger partial charge on any atom is -0.451 e. The second-order valence-corrected chi connectivity index (χ2v) is 11.5. The lowest BCUT2D eigenvalue weighted by atomic mass is 10.1. The Hall–Kier alpha value is -3.94. The van der Waals surface area contributed by atoms with E-state index < -0.39 is 28.5 Å². The summed E-state index contributed by atoms with van der Waals surface area (Å²) in [6, 6.07) is 16.4. The maximum atomic E-state index is 13.2. The number of nitriles is 1. The number of benzene rings is 2. The summed E-state index contributed by atoms with van der Waals surface area (Å²) >= 11 is 0. The van der Waals surface area contributed by atoms with Crippen molar-refractivity contribution in [1.82, 2.24) is 13.8 Å². The number of rotatable bonds is 8. The first kappa shape index (κ1) is 28.1. The number of esters is 1. The number of carbonyl (C=O) groups is 2. The third-order valence-electron chi connectivity index (χ3n) is 6.98. The Labute approximate surface area is 228 Å². The van der Waals surface area contributed by atoms with Crippen LogP contribution >= 0.6 is 0 Å². The maximum Gasteiger partial charge on any atom is 0.349 e. The van der Waals surface area contributed by atoms with Gasteiger partial charge in [0.25, 0.3) is 5.91 Å². The number of piperazine rings is 1. The van der Waals surface area contributed by atoms with Gasteiger partial charge in [0.05, 0.1) is 4.90 Å². The molecule has 2 aromatic carbocycles. The smallest absolute Gasteiger partial charge is 0.349 e. The summed E-state index contributed by atoms with van der Waals surface area (Å²) in [5.74, 6) is -1.31. The van der Waals surface area contributed by atoms with Crippen LogP contribution in [0.4, 0.5) is 0 Å². The molecule has 0 unspecified atom stereocenters. The molecule has 1 aromatic heterocycles. The van der Waals surface area contributed by atoms with Gasteiger partial charge in [-0.3, -0.25) is 4.79 Å². The van der Waals surface area contributed by atoms with E-state index in [9.17, 15) is 23.3 Å². The fourth-order valence-corrected chi connectivity index (χ4v) is 6.24. The van der Waals surface area contributed by atoms with Gasteiger partial charge in [0, 0.05) is 44.1 Å². The van der Waals surface area contributed by atoms with E-state index in [-0.39, 0.29) is 36.6 Å². The Morgan fingerprint density at radius 3 is 2.38 bits per heavy atom. The Morgan fingerprint density at radius 1 is 1.03 bits per heavy atom. The summed E-state index contributed by atoms with van der Waals surface area (Å²) in [7, 11) is -3.72. The number of hydrogen-bond donors (Lipinski definition) is 0. The van der Waals surface area contributed by atoms with E-state index >= 15 is 0 Å². The highest BCUT2D eigenvalue weighted by molar-refractivity contribution is 7.89. The zero-order chi connectivity index (χ0) is 28.2. The number of ether oxygens (including phenoxy) is 1. The number of nitrogens with zero attached hydrogens (tertiary/aromatic N) is 4. The van der Waals surface area contributed by atoms with Crippen molar-refractivity contribution in [3.05, 3.63) is 71.1 Å². The van der Waals surface area contributed by atoms with Crippen molar-refractivity contribution in [2.45, 2.75) is 38.6 Å². The maximum absolute atomic E-state index is 13.2. The second kappa shape index (κ2) is 11.8. The topological polar surface area (TPSA) is 113 Å². The fourth-order valence-electron chi connectivity index (χ4n) is 4.79. The quantitative estimate of drug-likeness (QED) is 0.241. The van der Waals surface area contributed by atoms with Crippen molar-refractivity contribution in [1.29, 1.82) is 5.26 Å². The van der Waals surface area contributed by atoms with Gasteiger partial charge in [-0.2, -0.15) is 9.57 Å². The van der Waals surface area contributed by atoms with E-state index in [0.717, 1.165) is 40.7 Å². The van der Waals surface area contributed by atoms with Crippen molar-refractivity contribution >= 4 is 38.7 Å². The van der Waals surface area contributed by atoms with Crippen LogP contribution in [0.15, 0.2) is 59.0 Å². The van der Waals surface area contributed by atoms with Crippen molar-refractivity contribution in [2.24, 2.45) is 0 Å². The Kier molecular flexibility index (Phi) is 8.53. The molecule has 1 saturated heterocycles. The van der Waals surface area contributed by atoms with Gasteiger partial charge in [0.1, 0.15) is 11.6 Å². The van der Waals surface area contributed by atoms with Crippen molar-refractivity contribution in [3.63, 3.8) is 0 Å². The summed E-state index contributed by atoms with van der Waals surface area (Å²) < 4.78 is 35.0. The fraction of sp³-hybridized carbons (Fsp3) is 0.345. The first-order valence-electron chi connectivity index (χ1n) is 12.9. The summed E-state index contributed by atoms with van der Waals surface area (Å²) in [4.78, 5) is 26.9. The van der Waals surface area contributed by atoms with Crippen LogP contribution in [0, 0.1) is 25.2 Å². The van der Waals surface area contributed by atoms with Gasteiger partial charge in [-0.15, -0.1) is 0 Å². The zero-order valence-corrected chi connectivity index (χ0v) is 23.2. The minimum atomic E-state index is -3.72. The minimum absolute atomic E-state index is 0.131. The average Bonchev–Trinajstić information content (AvgIpc) is 3.21. The van der Waals surface area contributed by atoms with Crippen LogP contribution in [0.5, 0.6) is 0 Å². The molecule has 0 bridgehead atoms. The van der Waals surface area contributed by atoms with Crippen LogP contribution in [0.25, 0.3) is 16.8 Å². The first-order chi connectivity index (χ1) is 18.6. The summed E-state index contributed by atoms with van der Waals surface area (Å²) in [6.45, 7) is 6.90. The molecule has 1 amide bonds. The van der Waals surface area contributed by atoms with Crippen LogP contribution in [0.2, 0.25) is 0 Å². The van der Waals surface area contributed by atoms with Gasteiger partial charge < -0.3 is 14.2 Å². The van der Waals surface area contributed by atoms with Gasteiger partial charge in [-0.1, -0.05) is 37.3 Å². The molecule has 1 aliphatic rings. The molecule has 0 spiro atoms. The average molecular weight is 549 g/mol. The molecule has 204 valence electrons. The molecule has 39 heavy (non-hydrogen) atoms. The van der Waals surface area contributed by atoms with E-state index in [1.807, 2.05) is 50.2 Å². The molecule has 0 atom stereocenters. The Balaban J connectivity index is 1.34. The third-order valence-corrected chi connectivity index (χ3v) is 8.87. The largest absolute Gasteiger partial charge is 0.451 e. The summed E-state index contributed by atoms with van der Waals surface area (Å²) in [5, 5.41) is 11.3. The highest BCUT2D eigenvalue weighted by Gasteiger charge is 2.30. The van der Waals surface area contributed by atoms with Gasteiger partial charge >= 0.3 is 5.97 Å². The van der Waals surface area contributed by atoms with Crippen molar-refractivity contribution in [2.75, 3.05) is 32.8 Å². The molecule has 0 aliphatic carbocycles. The first-order valence-corrected chi connectivity index (χ1v) is 14.3. The van der Waals surface area contributed by atoms with E-state index in [2.05, 4.69) is 11.5 Å². The Bertz CT molecular complexity index is 1570. The van der Waals surface area contributed by atoms with Crippen LogP contribution < -0.4 is 0 Å². The predicted molar refractivity (Wildman–Crippen MR) is 148 cm³/mol. The van der Waals surface area contributed by atoms with Gasteiger partial charge in [-0.05, 0) is 60.9 Å². The van der Waals surface area contributed by atoms with Gasteiger partial charge in [-0.25, -0.2) is 13.2 Å². The van der Waals surface area contributed by atoms with Gasteiger partial charge in [0.2, 0.25) is 10.0 Å².